The van der Waals surface area contributed by atoms with Crippen LogP contribution in [-0.4, -0.2) is 4.98 Å². The van der Waals surface area contributed by atoms with Gasteiger partial charge in [0, 0.05) is 11.8 Å². The van der Waals surface area contributed by atoms with E-state index in [0.717, 1.165) is 0 Å². The Kier molecular flexibility index (Phi) is 2.93. The zero-order valence-corrected chi connectivity index (χ0v) is 8.84. The smallest absolute Gasteiger partial charge is 0.255 e. The molecule has 2 aromatic rings. The van der Waals surface area contributed by atoms with Crippen molar-refractivity contribution in [2.45, 2.75) is 6.43 Å². The highest BCUT2D eigenvalue weighted by molar-refractivity contribution is 7.11. The molecule has 5 heteroatoms. The zero-order chi connectivity index (χ0) is 11.5. The summed E-state index contributed by atoms with van der Waals surface area (Å²) in [6, 6.07) is 6.71. The molecule has 0 aliphatic heterocycles. The van der Waals surface area contributed by atoms with E-state index in [1.165, 1.54) is 23.6 Å². The van der Waals surface area contributed by atoms with Gasteiger partial charge in [-0.1, -0.05) is 0 Å². The van der Waals surface area contributed by atoms with E-state index in [0.29, 0.717) is 16.0 Å². The van der Waals surface area contributed by atoms with Crippen LogP contribution in [0.2, 0.25) is 0 Å². The maximum absolute atomic E-state index is 12.4. The first-order valence-corrected chi connectivity index (χ1v) is 5.32. The van der Waals surface area contributed by atoms with Gasteiger partial charge in [-0.2, -0.15) is 5.26 Å². The van der Waals surface area contributed by atoms with E-state index < -0.39 is 6.43 Å². The molecule has 2 rings (SSSR count). The molecule has 0 N–H and O–H groups in total. The van der Waals surface area contributed by atoms with Crippen molar-refractivity contribution >= 4 is 11.3 Å². The Bertz CT molecular complexity index is 543. The van der Waals surface area contributed by atoms with Crippen molar-refractivity contribution in [1.82, 2.24) is 4.98 Å². The lowest BCUT2D eigenvalue weighted by molar-refractivity contribution is 0.146. The monoisotopic (exact) mass is 236 g/mol. The molecule has 0 radical (unpaired) electrons. The fraction of sp³-hybridized carbons (Fsp3) is 0.0909. The maximum Gasteiger partial charge on any atom is 0.280 e. The fourth-order valence-electron chi connectivity index (χ4n) is 1.36. The molecular formula is C11H6F2N2S. The predicted octanol–water partition coefficient (Wildman–Crippen LogP) is 3.62. The highest BCUT2D eigenvalue weighted by Gasteiger charge is 2.12. The number of halogens is 2. The van der Waals surface area contributed by atoms with Crippen LogP contribution in [0.15, 0.2) is 29.8 Å². The van der Waals surface area contributed by atoms with Crippen molar-refractivity contribution in [3.05, 3.63) is 40.3 Å². The second-order valence-electron chi connectivity index (χ2n) is 3.05. The third kappa shape index (κ3) is 1.92. The summed E-state index contributed by atoms with van der Waals surface area (Å²) < 4.78 is 24.9. The predicted molar refractivity (Wildman–Crippen MR) is 57.2 cm³/mol. The molecule has 0 aliphatic carbocycles. The number of hydrogen-bond acceptors (Lipinski definition) is 3. The second-order valence-corrected chi connectivity index (χ2v) is 3.96. The van der Waals surface area contributed by atoms with Crippen molar-refractivity contribution in [3.8, 4) is 17.2 Å². The molecule has 0 saturated heterocycles. The van der Waals surface area contributed by atoms with E-state index in [2.05, 4.69) is 4.98 Å². The molecule has 0 fully saturated rings. The van der Waals surface area contributed by atoms with Gasteiger partial charge in [0.15, 0.2) is 0 Å². The number of aromatic nitrogens is 1. The summed E-state index contributed by atoms with van der Waals surface area (Å²) in [5.74, 6) is 0. The summed E-state index contributed by atoms with van der Waals surface area (Å²) in [7, 11) is 0. The lowest BCUT2D eigenvalue weighted by Gasteiger charge is -2.02. The van der Waals surface area contributed by atoms with Crippen LogP contribution >= 0.6 is 11.3 Å². The number of nitriles is 1. The Balaban J connectivity index is 2.49. The Morgan fingerprint density at radius 1 is 1.38 bits per heavy atom. The number of thiophene rings is 1. The molecule has 0 aliphatic rings. The van der Waals surface area contributed by atoms with Gasteiger partial charge in [-0.25, -0.2) is 8.78 Å². The summed E-state index contributed by atoms with van der Waals surface area (Å²) >= 11 is 1.29. The molecule has 0 atom stereocenters. The second kappa shape index (κ2) is 4.37. The molecule has 2 aromatic heterocycles. The molecule has 16 heavy (non-hydrogen) atoms. The van der Waals surface area contributed by atoms with E-state index >= 15 is 0 Å². The normalized spacial score (nSPS) is 10.4. The molecule has 0 saturated carbocycles. The molecule has 2 nitrogen and oxygen atoms in total. The molecule has 0 unspecified atom stereocenters. The minimum absolute atomic E-state index is 0.271. The van der Waals surface area contributed by atoms with Crippen molar-refractivity contribution in [2.75, 3.05) is 0 Å². The molecule has 80 valence electrons. The van der Waals surface area contributed by atoms with Crippen LogP contribution in [0.1, 0.15) is 17.0 Å². The SMILES string of the molecule is N#Cc1sccc1-c1ccnc(C(F)F)c1. The van der Waals surface area contributed by atoms with Crippen LogP contribution in [0.4, 0.5) is 8.78 Å². The molecule has 2 heterocycles. The standard InChI is InChI=1S/C11H6F2N2S/c12-11(13)9-5-7(1-3-15-9)8-2-4-16-10(8)6-14/h1-5,11H. The van der Waals surface area contributed by atoms with Gasteiger partial charge in [0.05, 0.1) is 0 Å². The van der Waals surface area contributed by atoms with Crippen molar-refractivity contribution in [2.24, 2.45) is 0 Å². The largest absolute Gasteiger partial charge is 0.280 e. The van der Waals surface area contributed by atoms with Gasteiger partial charge in [-0.3, -0.25) is 4.98 Å². The Hall–Kier alpha value is -1.80. The van der Waals surface area contributed by atoms with Crippen LogP contribution < -0.4 is 0 Å². The molecule has 0 amide bonds. The van der Waals surface area contributed by atoms with E-state index in [1.54, 1.807) is 17.5 Å². The number of nitrogens with zero attached hydrogens (tertiary/aromatic N) is 2. The van der Waals surface area contributed by atoms with Gasteiger partial charge in [0.1, 0.15) is 16.6 Å². The summed E-state index contributed by atoms with van der Waals surface area (Å²) in [6.45, 7) is 0. The van der Waals surface area contributed by atoms with Gasteiger partial charge < -0.3 is 0 Å². The van der Waals surface area contributed by atoms with Crippen molar-refractivity contribution < 1.29 is 8.78 Å². The topological polar surface area (TPSA) is 36.7 Å². The van der Waals surface area contributed by atoms with E-state index in [1.807, 2.05) is 6.07 Å². The van der Waals surface area contributed by atoms with Gasteiger partial charge >= 0.3 is 0 Å². The lowest BCUT2D eigenvalue weighted by atomic mass is 10.1. The highest BCUT2D eigenvalue weighted by atomic mass is 32.1. The Labute approximate surface area is 94.8 Å². The highest BCUT2D eigenvalue weighted by Crippen LogP contribution is 2.29. The maximum atomic E-state index is 12.4. The van der Waals surface area contributed by atoms with Crippen molar-refractivity contribution in [3.63, 3.8) is 0 Å². The molecular weight excluding hydrogens is 230 g/mol. The lowest BCUT2D eigenvalue weighted by Crippen LogP contribution is -1.90. The average Bonchev–Trinajstić information content (AvgIpc) is 2.77. The van der Waals surface area contributed by atoms with Crippen LogP contribution in [-0.2, 0) is 0 Å². The Morgan fingerprint density at radius 3 is 2.88 bits per heavy atom. The molecule has 0 aromatic carbocycles. The first-order valence-electron chi connectivity index (χ1n) is 4.44. The summed E-state index contributed by atoms with van der Waals surface area (Å²) in [5, 5.41) is 10.6. The van der Waals surface area contributed by atoms with Crippen LogP contribution in [0.3, 0.4) is 0 Å². The summed E-state index contributed by atoms with van der Waals surface area (Å²) in [6.07, 6.45) is -1.26. The first-order chi connectivity index (χ1) is 7.72. The van der Waals surface area contributed by atoms with E-state index in [-0.39, 0.29) is 5.69 Å². The number of rotatable bonds is 2. The molecule has 0 bridgehead atoms. The fourth-order valence-corrected chi connectivity index (χ4v) is 2.06. The molecule has 0 spiro atoms. The van der Waals surface area contributed by atoms with E-state index in [9.17, 15) is 8.78 Å². The average molecular weight is 236 g/mol. The van der Waals surface area contributed by atoms with Crippen molar-refractivity contribution in [1.29, 1.82) is 5.26 Å². The number of hydrogen-bond donors (Lipinski definition) is 0. The third-order valence-corrected chi connectivity index (χ3v) is 2.90. The van der Waals surface area contributed by atoms with Gasteiger partial charge in [-0.15, -0.1) is 11.3 Å². The quantitative estimate of drug-likeness (QED) is 0.798. The van der Waals surface area contributed by atoms with Crippen LogP contribution in [0.5, 0.6) is 0 Å². The summed E-state index contributed by atoms with van der Waals surface area (Å²) in [4.78, 5) is 4.09. The minimum Gasteiger partial charge on any atom is -0.255 e. The van der Waals surface area contributed by atoms with Gasteiger partial charge in [-0.05, 0) is 29.1 Å². The first kappa shape index (κ1) is 10.7. The number of alkyl halides is 2. The van der Waals surface area contributed by atoms with Gasteiger partial charge in [0.25, 0.3) is 6.43 Å². The summed E-state index contributed by atoms with van der Waals surface area (Å²) in [5.41, 5.74) is 1.01. The van der Waals surface area contributed by atoms with Gasteiger partial charge in [0.2, 0.25) is 0 Å². The minimum atomic E-state index is -2.59. The van der Waals surface area contributed by atoms with Crippen LogP contribution in [0.25, 0.3) is 11.1 Å². The Morgan fingerprint density at radius 2 is 2.19 bits per heavy atom. The number of pyridine rings is 1. The van der Waals surface area contributed by atoms with Crippen LogP contribution in [0, 0.1) is 11.3 Å². The zero-order valence-electron chi connectivity index (χ0n) is 8.02. The van der Waals surface area contributed by atoms with E-state index in [4.69, 9.17) is 5.26 Å². The third-order valence-electron chi connectivity index (χ3n) is 2.08.